The van der Waals surface area contributed by atoms with Gasteiger partial charge in [-0.3, -0.25) is 14.7 Å². The number of hydrogen-bond acceptors (Lipinski definition) is 7. The van der Waals surface area contributed by atoms with Crippen LogP contribution in [0.15, 0.2) is 172 Å². The van der Waals surface area contributed by atoms with Gasteiger partial charge in [-0.15, -0.1) is 5.10 Å². The van der Waals surface area contributed by atoms with E-state index >= 15 is 0 Å². The maximum Gasteiger partial charge on any atom is 0.335 e. The number of carboxylic acid groups (broad SMARTS) is 1. The number of hydrogen-bond donors (Lipinski definition) is 1. The summed E-state index contributed by atoms with van der Waals surface area (Å²) in [5.74, 6) is 0.726. The average Bonchev–Trinajstić information content (AvgIpc) is 4.00. The van der Waals surface area contributed by atoms with E-state index in [0.29, 0.717) is 35.7 Å². The van der Waals surface area contributed by atoms with Gasteiger partial charge >= 0.3 is 5.97 Å². The van der Waals surface area contributed by atoms with Crippen LogP contribution in [0.2, 0.25) is 0 Å². The van der Waals surface area contributed by atoms with Crippen molar-refractivity contribution < 1.29 is 19.1 Å². The lowest BCUT2D eigenvalue weighted by molar-refractivity contribution is -0.127. The molecule has 1 unspecified atom stereocenters. The van der Waals surface area contributed by atoms with Crippen molar-refractivity contribution in [1.29, 1.82) is 0 Å². The third-order valence-corrected chi connectivity index (χ3v) is 12.2. The molecule has 1 aliphatic rings. The number of benzene rings is 6. The van der Waals surface area contributed by atoms with Crippen molar-refractivity contribution in [3.8, 4) is 22.7 Å². The molecule has 0 saturated heterocycles. The number of unbranched alkanes of at least 4 members (excludes halogenated alkanes) is 1. The fraction of sp³-hybridized carbons (Fsp3) is 0.160. The van der Waals surface area contributed by atoms with Crippen LogP contribution in [-0.4, -0.2) is 54.0 Å². The Kier molecular flexibility index (Phi) is 11.0. The molecular formula is C50H41BrN6O4. The van der Waals surface area contributed by atoms with Crippen molar-refractivity contribution in [2.45, 2.75) is 50.7 Å². The Morgan fingerprint density at radius 3 is 2.03 bits per heavy atom. The van der Waals surface area contributed by atoms with Crippen molar-refractivity contribution in [3.05, 3.63) is 196 Å². The second-order valence-electron chi connectivity index (χ2n) is 15.1. The Labute approximate surface area is 361 Å². The third-order valence-electron chi connectivity index (χ3n) is 11.4. The van der Waals surface area contributed by atoms with Gasteiger partial charge < -0.3 is 9.52 Å². The van der Waals surface area contributed by atoms with Crippen LogP contribution in [0.4, 0.5) is 0 Å². The molecule has 0 fully saturated rings. The normalized spacial score (nSPS) is 14.1. The summed E-state index contributed by atoms with van der Waals surface area (Å²) in [6.07, 6.45) is 2.69. The smallest absolute Gasteiger partial charge is 0.335 e. The number of nitrogens with zero attached hydrogens (tertiary/aromatic N) is 6. The number of tetrazole rings is 1. The number of halogens is 1. The molecule has 9 rings (SSSR count). The molecular weight excluding hydrogens is 828 g/mol. The number of furan rings is 1. The van der Waals surface area contributed by atoms with Crippen molar-refractivity contribution in [2.75, 3.05) is 0 Å². The Morgan fingerprint density at radius 1 is 0.787 bits per heavy atom. The van der Waals surface area contributed by atoms with E-state index in [1.54, 1.807) is 29.2 Å². The molecule has 3 heterocycles. The molecule has 6 aromatic carbocycles. The number of rotatable bonds is 14. The number of carbonyl (C=O) groups excluding carboxylic acids is 1. The molecule has 302 valence electrons. The van der Waals surface area contributed by atoms with Gasteiger partial charge in [-0.1, -0.05) is 153 Å². The summed E-state index contributed by atoms with van der Waals surface area (Å²) in [5.41, 5.74) is 5.94. The highest BCUT2D eigenvalue weighted by molar-refractivity contribution is 9.10. The van der Waals surface area contributed by atoms with Crippen molar-refractivity contribution in [2.24, 2.45) is 4.99 Å². The molecule has 61 heavy (non-hydrogen) atoms. The molecule has 1 aliphatic heterocycles. The number of aliphatic imine (C=N–C) groups is 1. The van der Waals surface area contributed by atoms with Crippen molar-refractivity contribution in [1.82, 2.24) is 25.1 Å². The van der Waals surface area contributed by atoms with E-state index in [9.17, 15) is 14.7 Å². The minimum absolute atomic E-state index is 0.137. The zero-order valence-corrected chi connectivity index (χ0v) is 34.9. The molecule has 0 spiro atoms. The van der Waals surface area contributed by atoms with Gasteiger partial charge in [0, 0.05) is 29.4 Å². The predicted molar refractivity (Wildman–Crippen MR) is 239 cm³/mol. The van der Waals surface area contributed by atoms with E-state index in [0.717, 1.165) is 61.9 Å². The van der Waals surface area contributed by atoms with E-state index in [4.69, 9.17) is 19.7 Å². The van der Waals surface area contributed by atoms with Crippen molar-refractivity contribution in [3.63, 3.8) is 0 Å². The molecule has 8 aromatic rings. The van der Waals surface area contributed by atoms with Crippen LogP contribution in [0.5, 0.6) is 0 Å². The van der Waals surface area contributed by atoms with Gasteiger partial charge in [0.2, 0.25) is 0 Å². The first-order chi connectivity index (χ1) is 29.9. The highest BCUT2D eigenvalue weighted by atomic mass is 79.9. The van der Waals surface area contributed by atoms with Crippen LogP contribution < -0.4 is 0 Å². The molecule has 10 nitrogen and oxygen atoms in total. The molecule has 1 amide bonds. The fourth-order valence-corrected chi connectivity index (χ4v) is 9.10. The second kappa shape index (κ2) is 16.9. The van der Waals surface area contributed by atoms with E-state index in [-0.39, 0.29) is 17.9 Å². The van der Waals surface area contributed by atoms with Gasteiger partial charge in [-0.05, 0) is 78.8 Å². The summed E-state index contributed by atoms with van der Waals surface area (Å²) in [7, 11) is 0. The van der Waals surface area contributed by atoms with Crippen LogP contribution in [0.3, 0.4) is 0 Å². The average molecular weight is 870 g/mol. The zero-order valence-electron chi connectivity index (χ0n) is 33.4. The molecule has 0 radical (unpaired) electrons. The molecule has 0 aliphatic carbocycles. The van der Waals surface area contributed by atoms with Gasteiger partial charge in [-0.2, -0.15) is 0 Å². The van der Waals surface area contributed by atoms with E-state index < -0.39 is 17.6 Å². The lowest BCUT2D eigenvalue weighted by atomic mass is 9.77. The summed E-state index contributed by atoms with van der Waals surface area (Å²) in [6.45, 7) is 2.42. The first kappa shape index (κ1) is 39.5. The van der Waals surface area contributed by atoms with Gasteiger partial charge in [0.1, 0.15) is 28.8 Å². The highest BCUT2D eigenvalue weighted by Crippen LogP contribution is 2.46. The molecule has 1 atom stereocenters. The fourth-order valence-electron chi connectivity index (χ4n) is 8.49. The number of amides is 1. The predicted octanol–water partition coefficient (Wildman–Crippen LogP) is 10.6. The Hall–Kier alpha value is -6.98. The van der Waals surface area contributed by atoms with Crippen LogP contribution in [0, 0.1) is 0 Å². The highest BCUT2D eigenvalue weighted by Gasteiger charge is 2.42. The SMILES string of the molecule is CCCCC1=NC(Cc2ccccc2C(=O)O)C(=O)N1Cc1ccc2oc(-c3ccccc3-c3nnnn3C(c3ccccc3)(c3ccccc3)c3ccccc3)c(Br)c2c1. The van der Waals surface area contributed by atoms with E-state index in [1.165, 1.54) is 0 Å². The van der Waals surface area contributed by atoms with Crippen LogP contribution in [0.1, 0.15) is 64.4 Å². The number of aromatic carboxylic acids is 1. The standard InChI is InChI=1S/C50H41BrN6O4/c1-2-3-27-44-52-42(31-34-17-13-14-24-38(34)49(59)60)48(58)56(44)32-33-28-29-43-41(30-33)45(51)46(61-43)39-25-15-16-26-40(39)47-53-54-55-57(47)50(35-18-7-4-8-19-35,36-20-9-5-10-21-36)37-22-11-6-12-23-37/h4-26,28-30,42H,2-3,27,31-32H2,1H3,(H,59,60). The summed E-state index contributed by atoms with van der Waals surface area (Å²) in [5, 5.41) is 24.5. The minimum Gasteiger partial charge on any atom is -0.478 e. The van der Waals surface area contributed by atoms with E-state index in [1.807, 2.05) is 102 Å². The molecule has 0 bridgehead atoms. The lowest BCUT2D eigenvalue weighted by Gasteiger charge is -2.36. The maximum atomic E-state index is 14.0. The molecule has 1 N–H and O–H groups in total. The van der Waals surface area contributed by atoms with Crippen molar-refractivity contribution >= 4 is 44.6 Å². The van der Waals surface area contributed by atoms with Crippen LogP contribution in [0.25, 0.3) is 33.7 Å². The maximum absolute atomic E-state index is 14.0. The second-order valence-corrected chi connectivity index (χ2v) is 15.9. The topological polar surface area (TPSA) is 127 Å². The molecule has 2 aromatic heterocycles. The number of amidine groups is 1. The van der Waals surface area contributed by atoms with Gasteiger partial charge in [0.05, 0.1) is 16.6 Å². The summed E-state index contributed by atoms with van der Waals surface area (Å²) in [4.78, 5) is 32.6. The zero-order chi connectivity index (χ0) is 41.9. The quantitative estimate of drug-likeness (QED) is 0.108. The first-order valence-corrected chi connectivity index (χ1v) is 21.1. The summed E-state index contributed by atoms with van der Waals surface area (Å²) in [6, 6.07) is 50.9. The van der Waals surface area contributed by atoms with E-state index in [2.05, 4.69) is 64.5 Å². The molecule has 0 saturated carbocycles. The first-order valence-electron chi connectivity index (χ1n) is 20.3. The van der Waals surface area contributed by atoms with Crippen LogP contribution in [-0.2, 0) is 23.3 Å². The molecule has 11 heteroatoms. The number of fused-ring (bicyclic) bond motifs is 1. The number of carbonyl (C=O) groups is 2. The van der Waals surface area contributed by atoms with Gasteiger partial charge in [0.25, 0.3) is 5.91 Å². The summed E-state index contributed by atoms with van der Waals surface area (Å²) < 4.78 is 9.33. The van der Waals surface area contributed by atoms with Gasteiger partial charge in [0.15, 0.2) is 5.82 Å². The van der Waals surface area contributed by atoms with Gasteiger partial charge in [-0.25, -0.2) is 9.48 Å². The lowest BCUT2D eigenvalue weighted by Crippen LogP contribution is -2.39. The third kappa shape index (κ3) is 7.24. The van der Waals surface area contributed by atoms with Crippen LogP contribution >= 0.6 is 15.9 Å². The summed E-state index contributed by atoms with van der Waals surface area (Å²) >= 11 is 3.92. The number of carboxylic acids is 1. The number of aromatic nitrogens is 4. The minimum atomic E-state index is -1.02. The monoisotopic (exact) mass is 868 g/mol. The Bertz CT molecular complexity index is 2800. The Morgan fingerprint density at radius 2 is 1.39 bits per heavy atom. The largest absolute Gasteiger partial charge is 0.478 e. The Balaban J connectivity index is 1.10.